The van der Waals surface area contributed by atoms with Crippen LogP contribution < -0.4 is 5.73 Å². The van der Waals surface area contributed by atoms with Gasteiger partial charge >= 0.3 is 25.7 Å². The lowest BCUT2D eigenvalue weighted by molar-refractivity contribution is -0.161. The molecule has 0 aromatic carbocycles. The summed E-state index contributed by atoms with van der Waals surface area (Å²) in [6, 6.07) is -1.52. The van der Waals surface area contributed by atoms with E-state index in [1.807, 2.05) is 0 Å². The third-order valence-electron chi connectivity index (χ3n) is 9.26. The van der Waals surface area contributed by atoms with E-state index in [1.165, 1.54) is 116 Å². The monoisotopic (exact) mass is 776 g/mol. The van der Waals surface area contributed by atoms with Crippen molar-refractivity contribution in [1.82, 2.24) is 0 Å². The molecule has 12 heteroatoms. The first-order valence-electron chi connectivity index (χ1n) is 21.2. The SMILES string of the molecule is CCCCCC/C=C/CCCCCCCCCC(=O)OC[C@H](COP(=O)(O)OC[C@H](N)C(=O)O)OC(=O)CCCCCCCCCCCCCCCC. The molecule has 0 saturated heterocycles. The number of phosphoric ester groups is 1. The summed E-state index contributed by atoms with van der Waals surface area (Å²) < 4.78 is 32.7. The van der Waals surface area contributed by atoms with E-state index in [2.05, 4.69) is 30.5 Å². The number of rotatable bonds is 40. The van der Waals surface area contributed by atoms with Crippen molar-refractivity contribution in [3.05, 3.63) is 12.2 Å². The van der Waals surface area contributed by atoms with Crippen LogP contribution in [0.1, 0.15) is 200 Å². The summed E-state index contributed by atoms with van der Waals surface area (Å²) in [4.78, 5) is 45.9. The Hall–Kier alpha value is -1.78. The summed E-state index contributed by atoms with van der Waals surface area (Å²) in [6.07, 6.45) is 35.5. The van der Waals surface area contributed by atoms with E-state index in [9.17, 15) is 23.8 Å². The van der Waals surface area contributed by atoms with E-state index in [-0.39, 0.29) is 19.4 Å². The lowest BCUT2D eigenvalue weighted by Gasteiger charge is -2.20. The van der Waals surface area contributed by atoms with Gasteiger partial charge in [-0.25, -0.2) is 4.57 Å². The van der Waals surface area contributed by atoms with Crippen molar-refractivity contribution in [2.24, 2.45) is 5.73 Å². The number of aliphatic carboxylic acids is 1. The smallest absolute Gasteiger partial charge is 0.472 e. The van der Waals surface area contributed by atoms with Crippen LogP contribution in [-0.2, 0) is 37.5 Å². The average Bonchev–Trinajstić information content (AvgIpc) is 3.13. The van der Waals surface area contributed by atoms with Gasteiger partial charge in [0.25, 0.3) is 0 Å². The molecule has 0 aliphatic heterocycles. The van der Waals surface area contributed by atoms with Gasteiger partial charge in [-0.05, 0) is 38.5 Å². The number of carboxylic acid groups (broad SMARTS) is 1. The second-order valence-electron chi connectivity index (χ2n) is 14.5. The van der Waals surface area contributed by atoms with Gasteiger partial charge in [-0.15, -0.1) is 0 Å². The third-order valence-corrected chi connectivity index (χ3v) is 10.2. The lowest BCUT2D eigenvalue weighted by Crippen LogP contribution is -2.34. The predicted molar refractivity (Wildman–Crippen MR) is 213 cm³/mol. The number of nitrogens with two attached hydrogens (primary N) is 1. The molecule has 3 atom stereocenters. The number of ether oxygens (including phenoxy) is 2. The highest BCUT2D eigenvalue weighted by molar-refractivity contribution is 7.47. The van der Waals surface area contributed by atoms with Gasteiger partial charge in [0.15, 0.2) is 6.10 Å². The number of phosphoric acid groups is 1. The van der Waals surface area contributed by atoms with Crippen molar-refractivity contribution in [3.63, 3.8) is 0 Å². The number of esters is 2. The molecule has 53 heavy (non-hydrogen) atoms. The Bertz CT molecular complexity index is 963. The maximum absolute atomic E-state index is 12.6. The number of hydrogen-bond donors (Lipinski definition) is 3. The summed E-state index contributed by atoms with van der Waals surface area (Å²) in [5.74, 6) is -2.37. The lowest BCUT2D eigenvalue weighted by atomic mass is 10.0. The summed E-state index contributed by atoms with van der Waals surface area (Å²) in [5, 5.41) is 8.87. The van der Waals surface area contributed by atoms with Crippen LogP contribution in [0.3, 0.4) is 0 Å². The van der Waals surface area contributed by atoms with Gasteiger partial charge in [0.05, 0.1) is 13.2 Å². The minimum Gasteiger partial charge on any atom is -0.480 e. The molecule has 0 amide bonds. The number of carbonyl (C=O) groups excluding carboxylic acids is 2. The largest absolute Gasteiger partial charge is 0.480 e. The molecule has 4 N–H and O–H groups in total. The van der Waals surface area contributed by atoms with Crippen molar-refractivity contribution >= 4 is 25.7 Å². The Morgan fingerprint density at radius 3 is 1.40 bits per heavy atom. The Balaban J connectivity index is 4.36. The highest BCUT2D eigenvalue weighted by Gasteiger charge is 2.28. The molecule has 11 nitrogen and oxygen atoms in total. The fourth-order valence-corrected chi connectivity index (χ4v) is 6.66. The Morgan fingerprint density at radius 2 is 0.943 bits per heavy atom. The number of unbranched alkanes of at least 4 members (excludes halogenated alkanes) is 24. The second-order valence-corrected chi connectivity index (χ2v) is 15.9. The molecular weight excluding hydrogens is 697 g/mol. The minimum atomic E-state index is -4.71. The zero-order valence-electron chi connectivity index (χ0n) is 33.6. The molecule has 0 aromatic heterocycles. The van der Waals surface area contributed by atoms with E-state index in [1.54, 1.807) is 0 Å². The number of hydrogen-bond acceptors (Lipinski definition) is 9. The summed E-state index contributed by atoms with van der Waals surface area (Å²) in [6.45, 7) is 2.80. The molecule has 0 aliphatic carbocycles. The van der Waals surface area contributed by atoms with Crippen LogP contribution in [0.4, 0.5) is 0 Å². The fraction of sp³-hybridized carbons (Fsp3) is 0.878. The van der Waals surface area contributed by atoms with Crippen molar-refractivity contribution < 1.29 is 47.5 Å². The topological polar surface area (TPSA) is 172 Å². The van der Waals surface area contributed by atoms with Gasteiger partial charge in [0.1, 0.15) is 12.6 Å². The first kappa shape index (κ1) is 51.2. The highest BCUT2D eigenvalue weighted by atomic mass is 31.2. The quantitative estimate of drug-likeness (QED) is 0.0234. The van der Waals surface area contributed by atoms with Gasteiger partial charge in [0.2, 0.25) is 0 Å². The van der Waals surface area contributed by atoms with Gasteiger partial charge in [-0.3, -0.25) is 23.4 Å². The van der Waals surface area contributed by atoms with Crippen LogP contribution in [0.25, 0.3) is 0 Å². The highest BCUT2D eigenvalue weighted by Crippen LogP contribution is 2.43. The normalized spacial score (nSPS) is 13.9. The molecule has 0 fully saturated rings. The molecule has 0 rings (SSSR count). The first-order valence-corrected chi connectivity index (χ1v) is 22.7. The maximum atomic E-state index is 12.6. The Labute approximate surface area is 322 Å². The number of allylic oxidation sites excluding steroid dienone is 2. The molecule has 312 valence electrons. The van der Waals surface area contributed by atoms with Crippen LogP contribution in [-0.4, -0.2) is 59.9 Å². The van der Waals surface area contributed by atoms with Crippen LogP contribution >= 0.6 is 7.82 Å². The molecule has 0 aromatic rings. The van der Waals surface area contributed by atoms with Gasteiger partial charge in [-0.2, -0.15) is 0 Å². The molecule has 0 spiro atoms. The van der Waals surface area contributed by atoms with Gasteiger partial charge in [-0.1, -0.05) is 161 Å². The van der Waals surface area contributed by atoms with Crippen LogP contribution in [0.2, 0.25) is 0 Å². The van der Waals surface area contributed by atoms with Gasteiger partial charge in [0, 0.05) is 12.8 Å². The minimum absolute atomic E-state index is 0.166. The molecule has 0 aliphatic rings. The van der Waals surface area contributed by atoms with E-state index < -0.39 is 51.1 Å². The first-order chi connectivity index (χ1) is 25.6. The molecule has 0 heterocycles. The van der Waals surface area contributed by atoms with Gasteiger partial charge < -0.3 is 25.2 Å². The third kappa shape index (κ3) is 36.9. The molecule has 1 unspecified atom stereocenters. The van der Waals surface area contributed by atoms with Crippen molar-refractivity contribution in [2.75, 3.05) is 19.8 Å². The summed E-state index contributed by atoms with van der Waals surface area (Å²) >= 11 is 0. The van der Waals surface area contributed by atoms with E-state index in [0.717, 1.165) is 44.9 Å². The van der Waals surface area contributed by atoms with E-state index in [4.69, 9.17) is 24.8 Å². The Morgan fingerprint density at radius 1 is 0.566 bits per heavy atom. The van der Waals surface area contributed by atoms with Crippen molar-refractivity contribution in [2.45, 2.75) is 212 Å². The molecule has 0 radical (unpaired) electrons. The standard InChI is InChI=1S/C41H78NO10P/c1-3-5-7-9-11-13-15-17-19-21-22-24-26-28-30-32-39(43)49-34-37(35-50-53(47,48)51-36-38(42)41(45)46)52-40(44)33-31-29-27-25-23-20-18-16-14-12-10-8-6-4-2/h13,15,37-38H,3-12,14,16-36,42H2,1-2H3,(H,45,46)(H,47,48)/b15-13+/t37-,38+/m1/s1. The zero-order chi connectivity index (χ0) is 39.3. The zero-order valence-corrected chi connectivity index (χ0v) is 34.5. The maximum Gasteiger partial charge on any atom is 0.472 e. The molecular formula is C41H78NO10P. The average molecular weight is 776 g/mol. The Kier molecular flexibility index (Phi) is 35.9. The van der Waals surface area contributed by atoms with Crippen LogP contribution in [0, 0.1) is 0 Å². The molecule has 0 saturated carbocycles. The second kappa shape index (κ2) is 37.2. The van der Waals surface area contributed by atoms with Crippen LogP contribution in [0.15, 0.2) is 12.2 Å². The molecule has 0 bridgehead atoms. The number of carboxylic acids is 1. The van der Waals surface area contributed by atoms with E-state index in [0.29, 0.717) is 12.8 Å². The van der Waals surface area contributed by atoms with E-state index >= 15 is 0 Å². The van der Waals surface area contributed by atoms with Crippen LogP contribution in [0.5, 0.6) is 0 Å². The summed E-state index contributed by atoms with van der Waals surface area (Å²) in [7, 11) is -4.71. The number of carbonyl (C=O) groups is 3. The summed E-state index contributed by atoms with van der Waals surface area (Å²) in [5.41, 5.74) is 5.33. The predicted octanol–water partition coefficient (Wildman–Crippen LogP) is 10.9. The fourth-order valence-electron chi connectivity index (χ4n) is 5.88. The van der Waals surface area contributed by atoms with Crippen molar-refractivity contribution in [1.29, 1.82) is 0 Å². The van der Waals surface area contributed by atoms with Crippen molar-refractivity contribution in [3.8, 4) is 0 Å².